The van der Waals surface area contributed by atoms with Crippen LogP contribution in [0.15, 0.2) is 22.6 Å². The first-order valence-electron chi connectivity index (χ1n) is 7.00. The summed E-state index contributed by atoms with van der Waals surface area (Å²) in [7, 11) is 0. The van der Waals surface area contributed by atoms with Crippen molar-refractivity contribution < 1.29 is 13.6 Å². The first-order valence-corrected chi connectivity index (χ1v) is 7.38. The Bertz CT molecular complexity index is 658. The van der Waals surface area contributed by atoms with E-state index in [1.165, 1.54) is 12.1 Å². The van der Waals surface area contributed by atoms with Gasteiger partial charge < -0.3 is 9.73 Å². The van der Waals surface area contributed by atoms with Crippen molar-refractivity contribution in [1.82, 2.24) is 15.5 Å². The van der Waals surface area contributed by atoms with Gasteiger partial charge in [0, 0.05) is 11.6 Å². The number of carbonyl (C=O) groups excluding carboxylic acids is 1. The van der Waals surface area contributed by atoms with Crippen molar-refractivity contribution in [2.24, 2.45) is 5.92 Å². The molecule has 1 aromatic carbocycles. The molecule has 0 saturated carbocycles. The topological polar surface area (TPSA) is 68.0 Å². The van der Waals surface area contributed by atoms with Gasteiger partial charge in [-0.25, -0.2) is 4.39 Å². The predicted octanol–water partition coefficient (Wildman–Crippen LogP) is 3.23. The predicted molar refractivity (Wildman–Crippen MR) is 80.3 cm³/mol. The van der Waals surface area contributed by atoms with Gasteiger partial charge in [0.05, 0.1) is 6.42 Å². The monoisotopic (exact) mass is 325 g/mol. The molecule has 1 aromatic heterocycles. The van der Waals surface area contributed by atoms with Crippen LogP contribution in [0.25, 0.3) is 0 Å². The summed E-state index contributed by atoms with van der Waals surface area (Å²) >= 11 is 5.94. The average molecular weight is 326 g/mol. The van der Waals surface area contributed by atoms with Gasteiger partial charge in [0.15, 0.2) is 0 Å². The second-order valence-electron chi connectivity index (χ2n) is 5.35. The van der Waals surface area contributed by atoms with Gasteiger partial charge in [0.1, 0.15) is 5.82 Å². The summed E-state index contributed by atoms with van der Waals surface area (Å²) in [4.78, 5) is 11.8. The van der Waals surface area contributed by atoms with E-state index in [4.69, 9.17) is 16.0 Å². The van der Waals surface area contributed by atoms with E-state index in [-0.39, 0.29) is 23.2 Å². The second-order valence-corrected chi connectivity index (χ2v) is 5.76. The van der Waals surface area contributed by atoms with Gasteiger partial charge in [-0.2, -0.15) is 0 Å². The Hall–Kier alpha value is -1.95. The maximum absolute atomic E-state index is 13.0. The number of rotatable bonds is 6. The smallest absolute Gasteiger partial charge is 0.308 e. The van der Waals surface area contributed by atoms with E-state index in [1.807, 2.05) is 0 Å². The Balaban J connectivity index is 1.97. The average Bonchev–Trinajstić information content (AvgIpc) is 2.90. The van der Waals surface area contributed by atoms with Crippen LogP contribution in [0.1, 0.15) is 42.4 Å². The van der Waals surface area contributed by atoms with E-state index in [2.05, 4.69) is 29.4 Å². The van der Waals surface area contributed by atoms with Crippen molar-refractivity contribution in [3.63, 3.8) is 0 Å². The zero-order chi connectivity index (χ0) is 16.1. The molecule has 0 aliphatic heterocycles. The van der Waals surface area contributed by atoms with Gasteiger partial charge in [-0.05, 0) is 30.0 Å². The van der Waals surface area contributed by atoms with E-state index in [0.717, 1.165) is 6.42 Å². The van der Waals surface area contributed by atoms with Gasteiger partial charge in [-0.1, -0.05) is 31.5 Å². The highest BCUT2D eigenvalue weighted by atomic mass is 35.5. The molecule has 2 rings (SSSR count). The molecule has 0 atom stereocenters. The van der Waals surface area contributed by atoms with Gasteiger partial charge in [0.25, 0.3) is 0 Å². The zero-order valence-electron chi connectivity index (χ0n) is 12.4. The standard InChI is InChI=1S/C15H17ClFN3O2/c1-9(2)5-6-18-14(21)15-20-19-13(22-15)7-10-3-4-11(17)8-12(10)16/h3-4,8-9H,5-7H2,1-2H3,(H,18,21). The van der Waals surface area contributed by atoms with Crippen molar-refractivity contribution in [3.8, 4) is 0 Å². The molecule has 0 aliphatic carbocycles. The minimum atomic E-state index is -0.413. The maximum Gasteiger partial charge on any atom is 0.308 e. The van der Waals surface area contributed by atoms with Gasteiger partial charge >= 0.3 is 11.8 Å². The highest BCUT2D eigenvalue weighted by Gasteiger charge is 2.15. The quantitative estimate of drug-likeness (QED) is 0.885. The summed E-state index contributed by atoms with van der Waals surface area (Å²) in [6.07, 6.45) is 1.11. The molecule has 7 heteroatoms. The third kappa shape index (κ3) is 4.53. The fourth-order valence-electron chi connectivity index (χ4n) is 1.79. The number of halogens is 2. The molecule has 0 radical (unpaired) electrons. The number of hydrogen-bond donors (Lipinski definition) is 1. The molecule has 2 aromatic rings. The molecule has 22 heavy (non-hydrogen) atoms. The molecule has 0 fully saturated rings. The fraction of sp³-hybridized carbons (Fsp3) is 0.400. The van der Waals surface area contributed by atoms with Gasteiger partial charge in [-0.15, -0.1) is 10.2 Å². The Morgan fingerprint density at radius 3 is 2.86 bits per heavy atom. The Labute approximate surface area is 132 Å². The number of aromatic nitrogens is 2. The summed E-state index contributed by atoms with van der Waals surface area (Å²) in [5.41, 5.74) is 0.651. The van der Waals surface area contributed by atoms with Crippen LogP contribution in [0.2, 0.25) is 5.02 Å². The second kappa shape index (κ2) is 7.35. The highest BCUT2D eigenvalue weighted by molar-refractivity contribution is 6.31. The Kier molecular flexibility index (Phi) is 5.49. The minimum Gasteiger partial charge on any atom is -0.417 e. The molecule has 1 N–H and O–H groups in total. The van der Waals surface area contributed by atoms with E-state index in [9.17, 15) is 9.18 Å². The fourth-order valence-corrected chi connectivity index (χ4v) is 2.03. The molecule has 118 valence electrons. The number of nitrogens with zero attached hydrogens (tertiary/aromatic N) is 2. The third-order valence-electron chi connectivity index (χ3n) is 3.03. The first-order chi connectivity index (χ1) is 10.5. The molecule has 1 heterocycles. The van der Waals surface area contributed by atoms with E-state index in [0.29, 0.717) is 18.0 Å². The summed E-state index contributed by atoms with van der Waals surface area (Å²) in [6, 6.07) is 4.06. The lowest BCUT2D eigenvalue weighted by atomic mass is 10.1. The van der Waals surface area contributed by atoms with Crippen LogP contribution < -0.4 is 5.32 Å². The van der Waals surface area contributed by atoms with Crippen LogP contribution >= 0.6 is 11.6 Å². The van der Waals surface area contributed by atoms with Crippen LogP contribution in [-0.2, 0) is 6.42 Å². The summed E-state index contributed by atoms with van der Waals surface area (Å²) in [5, 5.41) is 10.5. The molecule has 0 saturated heterocycles. The van der Waals surface area contributed by atoms with Crippen LogP contribution in [0, 0.1) is 11.7 Å². The molecular weight excluding hydrogens is 309 g/mol. The largest absolute Gasteiger partial charge is 0.417 e. The molecule has 5 nitrogen and oxygen atoms in total. The molecule has 0 spiro atoms. The molecular formula is C15H17ClFN3O2. The highest BCUT2D eigenvalue weighted by Crippen LogP contribution is 2.20. The number of carbonyl (C=O) groups is 1. The van der Waals surface area contributed by atoms with Crippen LogP contribution in [-0.4, -0.2) is 22.6 Å². The van der Waals surface area contributed by atoms with Crippen molar-refractivity contribution in [2.45, 2.75) is 26.7 Å². The van der Waals surface area contributed by atoms with Crippen molar-refractivity contribution >= 4 is 17.5 Å². The van der Waals surface area contributed by atoms with Crippen LogP contribution in [0.3, 0.4) is 0 Å². The van der Waals surface area contributed by atoms with Crippen LogP contribution in [0.4, 0.5) is 4.39 Å². The third-order valence-corrected chi connectivity index (χ3v) is 3.38. The molecule has 1 amide bonds. The van der Waals surface area contributed by atoms with Gasteiger partial charge in [-0.3, -0.25) is 4.79 Å². The number of nitrogens with one attached hydrogen (secondary N) is 1. The SMILES string of the molecule is CC(C)CCNC(=O)c1nnc(Cc2ccc(F)cc2Cl)o1. The number of hydrogen-bond acceptors (Lipinski definition) is 4. The Morgan fingerprint density at radius 1 is 1.41 bits per heavy atom. The Morgan fingerprint density at radius 2 is 2.18 bits per heavy atom. The normalized spacial score (nSPS) is 11.0. The summed E-state index contributed by atoms with van der Waals surface area (Å²) < 4.78 is 18.3. The summed E-state index contributed by atoms with van der Waals surface area (Å²) in [5.74, 6) is -0.146. The van der Waals surface area contributed by atoms with E-state index in [1.54, 1.807) is 6.07 Å². The lowest BCUT2D eigenvalue weighted by Gasteiger charge is -2.04. The van der Waals surface area contributed by atoms with E-state index < -0.39 is 11.7 Å². The lowest BCUT2D eigenvalue weighted by Crippen LogP contribution is -2.25. The van der Waals surface area contributed by atoms with Crippen molar-refractivity contribution in [3.05, 3.63) is 46.4 Å². The van der Waals surface area contributed by atoms with Crippen LogP contribution in [0.5, 0.6) is 0 Å². The lowest BCUT2D eigenvalue weighted by molar-refractivity contribution is 0.0915. The van der Waals surface area contributed by atoms with E-state index >= 15 is 0 Å². The first kappa shape index (κ1) is 16.4. The molecule has 0 bridgehead atoms. The number of benzene rings is 1. The zero-order valence-corrected chi connectivity index (χ0v) is 13.2. The molecule has 0 unspecified atom stereocenters. The summed E-state index contributed by atoms with van der Waals surface area (Å²) in [6.45, 7) is 4.70. The van der Waals surface area contributed by atoms with Crippen molar-refractivity contribution in [1.29, 1.82) is 0 Å². The number of amides is 1. The minimum absolute atomic E-state index is 0.0861. The molecule has 0 aliphatic rings. The van der Waals surface area contributed by atoms with Crippen molar-refractivity contribution in [2.75, 3.05) is 6.54 Å². The van der Waals surface area contributed by atoms with Gasteiger partial charge in [0.2, 0.25) is 5.89 Å². The maximum atomic E-state index is 13.0.